The molecule has 1 heterocycles. The van der Waals surface area contributed by atoms with Crippen molar-refractivity contribution in [1.29, 1.82) is 0 Å². The second-order valence-corrected chi connectivity index (χ2v) is 5.53. The Bertz CT molecular complexity index is 800. The number of nitrogens with two attached hydrogens (primary N) is 1. The maximum atomic E-state index is 13.7. The minimum Gasteiger partial charge on any atom is -0.497 e. The van der Waals surface area contributed by atoms with Gasteiger partial charge in [0.05, 0.1) is 13.2 Å². The van der Waals surface area contributed by atoms with Crippen LogP contribution in [0.2, 0.25) is 0 Å². The van der Waals surface area contributed by atoms with E-state index in [1.54, 1.807) is 25.3 Å². The number of benzene rings is 2. The lowest BCUT2D eigenvalue weighted by Gasteiger charge is -2.12. The van der Waals surface area contributed by atoms with E-state index in [9.17, 15) is 4.39 Å². The van der Waals surface area contributed by atoms with E-state index in [4.69, 9.17) is 14.9 Å². The van der Waals surface area contributed by atoms with Gasteiger partial charge in [0.2, 0.25) is 0 Å². The van der Waals surface area contributed by atoms with E-state index in [1.165, 1.54) is 6.07 Å². The molecule has 0 saturated heterocycles. The minimum atomic E-state index is -0.513. The molecule has 21 heavy (non-hydrogen) atoms. The molecular weight excluding hydrogens is 337 g/mol. The smallest absolute Gasteiger partial charge is 0.169 e. The normalized spacial score (nSPS) is 12.6. The number of fused-ring (bicyclic) bond motifs is 1. The molecule has 0 amide bonds. The Morgan fingerprint density at radius 2 is 2.05 bits per heavy atom. The molecule has 0 aliphatic carbocycles. The van der Waals surface area contributed by atoms with Gasteiger partial charge < -0.3 is 14.9 Å². The molecule has 3 nitrogen and oxygen atoms in total. The van der Waals surface area contributed by atoms with Crippen molar-refractivity contribution < 1.29 is 13.5 Å². The monoisotopic (exact) mass is 349 g/mol. The van der Waals surface area contributed by atoms with Crippen molar-refractivity contribution in [3.8, 4) is 5.75 Å². The highest BCUT2D eigenvalue weighted by Crippen LogP contribution is 2.33. The van der Waals surface area contributed by atoms with E-state index >= 15 is 0 Å². The summed E-state index contributed by atoms with van der Waals surface area (Å²) in [6, 6.07) is 11.6. The molecule has 2 aromatic carbocycles. The number of hydrogen-bond acceptors (Lipinski definition) is 3. The van der Waals surface area contributed by atoms with Crippen molar-refractivity contribution in [2.24, 2.45) is 5.73 Å². The fourth-order valence-electron chi connectivity index (χ4n) is 2.24. The van der Waals surface area contributed by atoms with Gasteiger partial charge in [-0.05, 0) is 35.9 Å². The van der Waals surface area contributed by atoms with Crippen molar-refractivity contribution in [3.63, 3.8) is 0 Å². The first-order valence-corrected chi connectivity index (χ1v) is 7.16. The summed E-state index contributed by atoms with van der Waals surface area (Å²) in [6.45, 7) is 0. The summed E-state index contributed by atoms with van der Waals surface area (Å²) in [4.78, 5) is 0. The molecule has 1 atom stereocenters. The van der Waals surface area contributed by atoms with Crippen molar-refractivity contribution in [2.45, 2.75) is 6.04 Å². The average Bonchev–Trinajstić information content (AvgIpc) is 2.93. The molecule has 0 saturated carbocycles. The lowest BCUT2D eigenvalue weighted by Crippen LogP contribution is -2.11. The molecule has 0 fully saturated rings. The highest BCUT2D eigenvalue weighted by molar-refractivity contribution is 9.10. The molecule has 0 aliphatic heterocycles. The summed E-state index contributed by atoms with van der Waals surface area (Å²) in [7, 11) is 1.59. The van der Waals surface area contributed by atoms with E-state index in [-0.39, 0.29) is 5.58 Å². The number of ether oxygens (including phenoxy) is 1. The van der Waals surface area contributed by atoms with Crippen LogP contribution < -0.4 is 10.5 Å². The Hall–Kier alpha value is -1.85. The lowest BCUT2D eigenvalue weighted by molar-refractivity contribution is 0.413. The number of halogens is 2. The molecule has 2 N–H and O–H groups in total. The molecule has 108 valence electrons. The van der Waals surface area contributed by atoms with E-state index < -0.39 is 11.9 Å². The Kier molecular flexibility index (Phi) is 3.69. The van der Waals surface area contributed by atoms with Gasteiger partial charge in [0.15, 0.2) is 11.4 Å². The van der Waals surface area contributed by atoms with Gasteiger partial charge in [-0.25, -0.2) is 4.39 Å². The maximum absolute atomic E-state index is 13.7. The molecule has 0 spiro atoms. The third-order valence-electron chi connectivity index (χ3n) is 3.36. The number of hydrogen-bond donors (Lipinski definition) is 1. The summed E-state index contributed by atoms with van der Waals surface area (Å²) < 4.78 is 25.3. The zero-order valence-electron chi connectivity index (χ0n) is 11.3. The van der Waals surface area contributed by atoms with Crippen LogP contribution >= 0.6 is 15.9 Å². The Balaban J connectivity index is 2.07. The number of rotatable bonds is 3. The molecule has 1 unspecified atom stereocenters. The average molecular weight is 350 g/mol. The van der Waals surface area contributed by atoms with Crippen LogP contribution in [-0.4, -0.2) is 7.11 Å². The van der Waals surface area contributed by atoms with Crippen LogP contribution in [-0.2, 0) is 0 Å². The van der Waals surface area contributed by atoms with Gasteiger partial charge in [-0.15, -0.1) is 0 Å². The fraction of sp³-hybridized carbons (Fsp3) is 0.125. The fourth-order valence-corrected chi connectivity index (χ4v) is 2.73. The van der Waals surface area contributed by atoms with Crippen molar-refractivity contribution >= 4 is 26.9 Å². The third kappa shape index (κ3) is 2.54. The Morgan fingerprint density at radius 1 is 1.24 bits per heavy atom. The number of furan rings is 1. The largest absolute Gasteiger partial charge is 0.497 e. The molecule has 0 bridgehead atoms. The van der Waals surface area contributed by atoms with E-state index in [1.807, 2.05) is 18.2 Å². The van der Waals surface area contributed by atoms with Crippen LogP contribution in [0.1, 0.15) is 17.4 Å². The summed E-state index contributed by atoms with van der Waals surface area (Å²) >= 11 is 3.46. The predicted octanol–water partition coefficient (Wildman–Crippen LogP) is 4.39. The topological polar surface area (TPSA) is 48.4 Å². The quantitative estimate of drug-likeness (QED) is 0.762. The molecular formula is C16H13BrFNO2. The highest BCUT2D eigenvalue weighted by atomic mass is 79.9. The molecule has 0 radical (unpaired) electrons. The molecule has 3 rings (SSSR count). The van der Waals surface area contributed by atoms with Crippen LogP contribution in [0.15, 0.2) is 51.4 Å². The standard InChI is InChI=1S/C16H13BrFNO2/c1-20-10-5-6-12(17)11(8-10)15(19)14-7-9-3-2-4-13(18)16(9)21-14/h2-8,15H,19H2,1H3. The van der Waals surface area contributed by atoms with Gasteiger partial charge in [-0.2, -0.15) is 0 Å². The summed E-state index contributed by atoms with van der Waals surface area (Å²) in [5.74, 6) is 0.811. The summed E-state index contributed by atoms with van der Waals surface area (Å²) in [5, 5.41) is 0.694. The minimum absolute atomic E-state index is 0.224. The van der Waals surface area contributed by atoms with E-state index in [0.29, 0.717) is 16.9 Å². The zero-order chi connectivity index (χ0) is 15.0. The zero-order valence-corrected chi connectivity index (χ0v) is 12.9. The Morgan fingerprint density at radius 3 is 2.76 bits per heavy atom. The van der Waals surface area contributed by atoms with Gasteiger partial charge in [0, 0.05) is 9.86 Å². The molecule has 3 aromatic rings. The van der Waals surface area contributed by atoms with Gasteiger partial charge in [-0.1, -0.05) is 28.1 Å². The van der Waals surface area contributed by atoms with Crippen LogP contribution in [0.3, 0.4) is 0 Å². The van der Waals surface area contributed by atoms with E-state index in [0.717, 1.165) is 10.0 Å². The van der Waals surface area contributed by atoms with Crippen LogP contribution in [0.5, 0.6) is 5.75 Å². The summed E-state index contributed by atoms with van der Waals surface area (Å²) in [6.07, 6.45) is 0. The van der Waals surface area contributed by atoms with Crippen LogP contribution in [0, 0.1) is 5.82 Å². The number of methoxy groups -OCH3 is 1. The van der Waals surface area contributed by atoms with Crippen molar-refractivity contribution in [3.05, 3.63) is 64.1 Å². The van der Waals surface area contributed by atoms with Crippen molar-refractivity contribution in [2.75, 3.05) is 7.11 Å². The molecule has 1 aromatic heterocycles. The first-order valence-electron chi connectivity index (χ1n) is 6.37. The SMILES string of the molecule is COc1ccc(Br)c(C(N)c2cc3cccc(F)c3o2)c1. The van der Waals surface area contributed by atoms with Gasteiger partial charge in [0.25, 0.3) is 0 Å². The second-order valence-electron chi connectivity index (χ2n) is 4.67. The lowest BCUT2D eigenvalue weighted by atomic mass is 10.0. The van der Waals surface area contributed by atoms with Crippen LogP contribution in [0.25, 0.3) is 11.0 Å². The first kappa shape index (κ1) is 14.1. The van der Waals surface area contributed by atoms with Crippen LogP contribution in [0.4, 0.5) is 4.39 Å². The third-order valence-corrected chi connectivity index (χ3v) is 4.08. The predicted molar refractivity (Wildman–Crippen MR) is 82.9 cm³/mol. The highest BCUT2D eigenvalue weighted by Gasteiger charge is 2.18. The second kappa shape index (κ2) is 5.50. The number of para-hydroxylation sites is 1. The van der Waals surface area contributed by atoms with Gasteiger partial charge in [0.1, 0.15) is 11.5 Å². The van der Waals surface area contributed by atoms with Gasteiger partial charge in [-0.3, -0.25) is 0 Å². The van der Waals surface area contributed by atoms with E-state index in [2.05, 4.69) is 15.9 Å². The molecule has 0 aliphatic rings. The maximum Gasteiger partial charge on any atom is 0.169 e. The summed E-state index contributed by atoms with van der Waals surface area (Å²) in [5.41, 5.74) is 7.29. The molecule has 5 heteroatoms. The van der Waals surface area contributed by atoms with Gasteiger partial charge >= 0.3 is 0 Å². The first-order chi connectivity index (χ1) is 10.1. The van der Waals surface area contributed by atoms with Crippen molar-refractivity contribution in [1.82, 2.24) is 0 Å². The Labute approximate surface area is 129 Å².